The van der Waals surface area contributed by atoms with Crippen LogP contribution in [0.4, 0.5) is 0 Å². The number of carbonyl (C=O) groups is 2. The molecule has 3 aliphatic rings. The molecular formula is C25H28O12. The van der Waals surface area contributed by atoms with Crippen LogP contribution in [0.2, 0.25) is 0 Å². The first-order chi connectivity index (χ1) is 17.7. The van der Waals surface area contributed by atoms with E-state index in [1.165, 1.54) is 6.08 Å². The third-order valence-electron chi connectivity index (χ3n) is 6.71. The number of hydrogen-bond acceptors (Lipinski definition) is 11. The number of carboxylic acids is 1. The van der Waals surface area contributed by atoms with Crippen molar-refractivity contribution in [2.75, 3.05) is 6.61 Å². The van der Waals surface area contributed by atoms with Crippen LogP contribution in [-0.2, 0) is 28.5 Å². The molecule has 0 saturated carbocycles. The van der Waals surface area contributed by atoms with Gasteiger partial charge in [-0.2, -0.15) is 0 Å². The maximum Gasteiger partial charge on any atom is 0.371 e. The van der Waals surface area contributed by atoms with Gasteiger partial charge in [0.15, 0.2) is 6.29 Å². The summed E-state index contributed by atoms with van der Waals surface area (Å²) in [4.78, 5) is 24.5. The first-order valence-corrected chi connectivity index (χ1v) is 11.5. The Morgan fingerprint density at radius 1 is 1.08 bits per heavy atom. The number of rotatable bonds is 7. The molecule has 200 valence electrons. The lowest BCUT2D eigenvalue weighted by molar-refractivity contribution is -0.339. The Morgan fingerprint density at radius 2 is 1.78 bits per heavy atom. The van der Waals surface area contributed by atoms with E-state index in [-0.39, 0.29) is 17.6 Å². The summed E-state index contributed by atoms with van der Waals surface area (Å²) in [7, 11) is 0. The average Bonchev–Trinajstić information content (AvgIpc) is 2.89. The van der Waals surface area contributed by atoms with E-state index in [4.69, 9.17) is 18.9 Å². The third kappa shape index (κ3) is 5.12. The number of carboxylic acid groups (broad SMARTS) is 1. The molecule has 0 spiro atoms. The summed E-state index contributed by atoms with van der Waals surface area (Å²) in [5.41, 5.74) is 0.405. The minimum Gasteiger partial charge on any atom is -0.502 e. The maximum absolute atomic E-state index is 12.9. The van der Waals surface area contributed by atoms with Gasteiger partial charge in [0.05, 0.1) is 18.4 Å². The normalized spacial score (nSPS) is 36.3. The SMILES string of the molecule is C=CC1C(OC2OC(CO)C(O)C(O)C2O)OC=C2C(=O)OC(C(=C(O)C(=O)O)c3ccccc3)CC21. The summed E-state index contributed by atoms with van der Waals surface area (Å²) in [6.07, 6.45) is -7.34. The van der Waals surface area contributed by atoms with Crippen molar-refractivity contribution in [1.82, 2.24) is 0 Å². The van der Waals surface area contributed by atoms with Crippen LogP contribution in [0, 0.1) is 11.8 Å². The number of aliphatic hydroxyl groups is 5. The highest BCUT2D eigenvalue weighted by atomic mass is 16.8. The van der Waals surface area contributed by atoms with Gasteiger partial charge in [0.1, 0.15) is 30.5 Å². The summed E-state index contributed by atoms with van der Waals surface area (Å²) in [5, 5.41) is 59.7. The Balaban J connectivity index is 1.62. The predicted molar refractivity (Wildman–Crippen MR) is 123 cm³/mol. The molecule has 3 heterocycles. The van der Waals surface area contributed by atoms with Crippen LogP contribution in [0.5, 0.6) is 0 Å². The van der Waals surface area contributed by atoms with Crippen molar-refractivity contribution in [1.29, 1.82) is 0 Å². The molecule has 2 saturated heterocycles. The van der Waals surface area contributed by atoms with Crippen molar-refractivity contribution >= 4 is 17.5 Å². The van der Waals surface area contributed by atoms with Crippen LogP contribution in [0.15, 0.2) is 60.6 Å². The van der Waals surface area contributed by atoms with Crippen molar-refractivity contribution < 1.29 is 59.2 Å². The summed E-state index contributed by atoms with van der Waals surface area (Å²) in [6, 6.07) is 8.15. The maximum atomic E-state index is 12.9. The highest BCUT2D eigenvalue weighted by Gasteiger charge is 2.49. The molecule has 37 heavy (non-hydrogen) atoms. The Morgan fingerprint density at radius 3 is 2.41 bits per heavy atom. The molecule has 4 rings (SSSR count). The van der Waals surface area contributed by atoms with E-state index in [0.29, 0.717) is 5.56 Å². The van der Waals surface area contributed by atoms with Gasteiger partial charge in [0.25, 0.3) is 0 Å². The van der Waals surface area contributed by atoms with Crippen LogP contribution in [0.1, 0.15) is 12.0 Å². The van der Waals surface area contributed by atoms with E-state index in [9.17, 15) is 40.2 Å². The molecule has 0 aliphatic carbocycles. The second kappa shape index (κ2) is 11.0. The first kappa shape index (κ1) is 26.8. The van der Waals surface area contributed by atoms with Crippen LogP contribution in [0.25, 0.3) is 5.57 Å². The fourth-order valence-corrected chi connectivity index (χ4v) is 4.77. The van der Waals surface area contributed by atoms with E-state index in [1.807, 2.05) is 0 Å². The molecule has 0 amide bonds. The molecular weight excluding hydrogens is 492 g/mol. The lowest BCUT2D eigenvalue weighted by Gasteiger charge is -2.44. The molecule has 1 aromatic carbocycles. The van der Waals surface area contributed by atoms with Gasteiger partial charge in [-0.1, -0.05) is 36.4 Å². The molecule has 3 aliphatic heterocycles. The molecule has 2 fully saturated rings. The summed E-state index contributed by atoms with van der Waals surface area (Å²) < 4.78 is 22.2. The van der Waals surface area contributed by atoms with Gasteiger partial charge in [-0.25, -0.2) is 9.59 Å². The number of hydrogen-bond donors (Lipinski definition) is 6. The van der Waals surface area contributed by atoms with E-state index in [1.54, 1.807) is 30.3 Å². The lowest BCUT2D eigenvalue weighted by Crippen LogP contribution is -2.60. The zero-order valence-corrected chi connectivity index (χ0v) is 19.5. The zero-order chi connectivity index (χ0) is 26.9. The van der Waals surface area contributed by atoms with Gasteiger partial charge < -0.3 is 49.6 Å². The van der Waals surface area contributed by atoms with E-state index >= 15 is 0 Å². The Hall–Kier alpha value is -3.26. The Kier molecular flexibility index (Phi) is 7.97. The molecule has 1 aromatic rings. The topological polar surface area (TPSA) is 192 Å². The quantitative estimate of drug-likeness (QED) is 0.121. The number of aliphatic hydroxyl groups excluding tert-OH is 5. The van der Waals surface area contributed by atoms with Gasteiger partial charge in [-0.05, 0) is 12.0 Å². The van der Waals surface area contributed by atoms with Crippen molar-refractivity contribution in [3.63, 3.8) is 0 Å². The van der Waals surface area contributed by atoms with Crippen molar-refractivity contribution in [2.24, 2.45) is 11.8 Å². The van der Waals surface area contributed by atoms with Crippen LogP contribution < -0.4 is 0 Å². The zero-order valence-electron chi connectivity index (χ0n) is 19.5. The van der Waals surface area contributed by atoms with Crippen LogP contribution >= 0.6 is 0 Å². The molecule has 9 unspecified atom stereocenters. The molecule has 12 heteroatoms. The van der Waals surface area contributed by atoms with Gasteiger partial charge >= 0.3 is 11.9 Å². The fourth-order valence-electron chi connectivity index (χ4n) is 4.77. The summed E-state index contributed by atoms with van der Waals surface area (Å²) >= 11 is 0. The largest absolute Gasteiger partial charge is 0.502 e. The molecule has 12 nitrogen and oxygen atoms in total. The van der Waals surface area contributed by atoms with Crippen molar-refractivity contribution in [3.05, 3.63) is 66.1 Å². The second-order valence-electron chi connectivity index (χ2n) is 8.89. The number of carbonyl (C=O) groups excluding carboxylic acids is 1. The number of cyclic esters (lactones) is 1. The molecule has 6 N–H and O–H groups in total. The van der Waals surface area contributed by atoms with Crippen molar-refractivity contribution in [2.45, 2.75) is 49.5 Å². The molecule has 0 aromatic heterocycles. The predicted octanol–water partition coefficient (Wildman–Crippen LogP) is -0.169. The van der Waals surface area contributed by atoms with E-state index < -0.39 is 79.2 Å². The first-order valence-electron chi connectivity index (χ1n) is 11.5. The van der Waals surface area contributed by atoms with E-state index in [2.05, 4.69) is 6.58 Å². The number of benzene rings is 1. The molecule has 0 bridgehead atoms. The molecule has 9 atom stereocenters. The number of fused-ring (bicyclic) bond motifs is 1. The van der Waals surface area contributed by atoms with Gasteiger partial charge in [-0.15, -0.1) is 6.58 Å². The number of aliphatic carboxylic acids is 1. The summed E-state index contributed by atoms with van der Waals surface area (Å²) in [5.74, 6) is -4.74. The van der Waals surface area contributed by atoms with Crippen molar-refractivity contribution in [3.8, 4) is 0 Å². The third-order valence-corrected chi connectivity index (χ3v) is 6.71. The van der Waals surface area contributed by atoms with Gasteiger partial charge in [0.2, 0.25) is 12.0 Å². The van der Waals surface area contributed by atoms with Crippen LogP contribution in [0.3, 0.4) is 0 Å². The second-order valence-corrected chi connectivity index (χ2v) is 8.89. The number of ether oxygens (including phenoxy) is 4. The van der Waals surface area contributed by atoms with Crippen LogP contribution in [-0.4, -0.2) is 92.3 Å². The lowest BCUT2D eigenvalue weighted by atomic mass is 9.76. The van der Waals surface area contributed by atoms with Gasteiger partial charge in [0, 0.05) is 17.4 Å². The highest BCUT2D eigenvalue weighted by Crippen LogP contribution is 2.43. The fraction of sp³-hybridized carbons (Fsp3) is 0.440. The highest BCUT2D eigenvalue weighted by molar-refractivity contribution is 5.97. The number of esters is 1. The average molecular weight is 520 g/mol. The minimum absolute atomic E-state index is 0.0354. The monoisotopic (exact) mass is 520 g/mol. The Bertz CT molecular complexity index is 1080. The molecule has 0 radical (unpaired) electrons. The Labute approximate surface area is 211 Å². The summed E-state index contributed by atoms with van der Waals surface area (Å²) in [6.45, 7) is 3.14. The van der Waals surface area contributed by atoms with Gasteiger partial charge in [-0.3, -0.25) is 0 Å². The standard InChI is InChI=1S/C25H28O12/c1-2-12-13-8-15(17(19(28)22(31)32)11-6-4-3-5-7-11)35-23(33)14(13)10-34-24(12)37-25-21(30)20(29)18(27)16(9-26)36-25/h2-7,10,12-13,15-16,18,20-21,24-30H,1,8-9H2,(H,31,32). The van der Waals surface area contributed by atoms with E-state index in [0.717, 1.165) is 6.26 Å². The minimum atomic E-state index is -1.68. The smallest absolute Gasteiger partial charge is 0.371 e.